The SMILES string of the molecule is CCOc1cc(CNC(Cc2c[nH]c3ccccc23)C(=O)O)ccc1OCc1ccc(Cl)cc1.Cl. The summed E-state index contributed by atoms with van der Waals surface area (Å²) in [4.78, 5) is 15.1. The molecule has 4 rings (SSSR count). The van der Waals surface area contributed by atoms with E-state index in [0.717, 1.165) is 27.6 Å². The molecule has 3 aromatic carbocycles. The lowest BCUT2D eigenvalue weighted by Crippen LogP contribution is -2.38. The van der Waals surface area contributed by atoms with Crippen molar-refractivity contribution < 1.29 is 19.4 Å². The number of halogens is 2. The maximum atomic E-state index is 11.9. The van der Waals surface area contributed by atoms with E-state index < -0.39 is 12.0 Å². The van der Waals surface area contributed by atoms with Gasteiger partial charge in [-0.15, -0.1) is 12.4 Å². The van der Waals surface area contributed by atoms with Crippen molar-refractivity contribution in [2.24, 2.45) is 0 Å². The number of H-pyrrole nitrogens is 1. The van der Waals surface area contributed by atoms with Gasteiger partial charge >= 0.3 is 5.97 Å². The monoisotopic (exact) mass is 514 g/mol. The third-order valence-electron chi connectivity index (χ3n) is 5.57. The van der Waals surface area contributed by atoms with Gasteiger partial charge in [0.15, 0.2) is 11.5 Å². The summed E-state index contributed by atoms with van der Waals surface area (Å²) >= 11 is 5.94. The minimum atomic E-state index is -0.891. The Morgan fingerprint density at radius 2 is 1.77 bits per heavy atom. The standard InChI is InChI=1S/C27H27ClN2O4.ClH/c1-2-33-26-13-19(9-12-25(26)34-17-18-7-10-21(28)11-8-18)15-29-24(27(31)32)14-20-16-30-23-6-4-3-5-22(20)23;/h3-13,16,24,29-30H,2,14-15,17H2,1H3,(H,31,32);1H. The van der Waals surface area contributed by atoms with E-state index in [1.54, 1.807) is 0 Å². The highest BCUT2D eigenvalue weighted by atomic mass is 35.5. The highest BCUT2D eigenvalue weighted by Gasteiger charge is 2.19. The molecule has 0 saturated carbocycles. The Balaban J connectivity index is 0.00000342. The van der Waals surface area contributed by atoms with Crippen LogP contribution in [0.4, 0.5) is 0 Å². The number of carboxylic acid groups (broad SMARTS) is 1. The van der Waals surface area contributed by atoms with E-state index in [4.69, 9.17) is 21.1 Å². The van der Waals surface area contributed by atoms with Gasteiger partial charge in [-0.05, 0) is 53.9 Å². The molecule has 0 aliphatic rings. The maximum absolute atomic E-state index is 11.9. The predicted octanol–water partition coefficient (Wildman–Crippen LogP) is 6.01. The Kier molecular flexibility index (Phi) is 9.43. The quantitative estimate of drug-likeness (QED) is 0.228. The predicted molar refractivity (Wildman–Crippen MR) is 141 cm³/mol. The van der Waals surface area contributed by atoms with Crippen molar-refractivity contribution in [1.82, 2.24) is 10.3 Å². The van der Waals surface area contributed by atoms with Gasteiger partial charge in [0.2, 0.25) is 0 Å². The molecule has 1 unspecified atom stereocenters. The first-order valence-corrected chi connectivity index (χ1v) is 11.6. The van der Waals surface area contributed by atoms with Gasteiger partial charge in [0.25, 0.3) is 0 Å². The largest absolute Gasteiger partial charge is 0.490 e. The first-order valence-electron chi connectivity index (χ1n) is 11.2. The van der Waals surface area contributed by atoms with E-state index in [2.05, 4.69) is 10.3 Å². The summed E-state index contributed by atoms with van der Waals surface area (Å²) < 4.78 is 11.7. The van der Waals surface area contributed by atoms with E-state index in [9.17, 15) is 9.90 Å². The Morgan fingerprint density at radius 3 is 2.51 bits per heavy atom. The van der Waals surface area contributed by atoms with Gasteiger partial charge in [0, 0.05) is 35.1 Å². The fourth-order valence-corrected chi connectivity index (χ4v) is 3.93. The number of aromatic amines is 1. The van der Waals surface area contributed by atoms with E-state index in [-0.39, 0.29) is 12.4 Å². The van der Waals surface area contributed by atoms with Crippen LogP contribution in [0, 0.1) is 0 Å². The third-order valence-corrected chi connectivity index (χ3v) is 5.82. The second-order valence-corrected chi connectivity index (χ2v) is 8.40. The summed E-state index contributed by atoms with van der Waals surface area (Å²) in [6.45, 7) is 3.18. The molecule has 1 heterocycles. The second-order valence-electron chi connectivity index (χ2n) is 7.96. The number of rotatable bonds is 11. The summed E-state index contributed by atoms with van der Waals surface area (Å²) in [5.74, 6) is 0.367. The summed E-state index contributed by atoms with van der Waals surface area (Å²) in [6.07, 6.45) is 2.25. The lowest BCUT2D eigenvalue weighted by Gasteiger charge is -2.16. The number of ether oxygens (including phenoxy) is 2. The van der Waals surface area contributed by atoms with Gasteiger partial charge in [-0.2, -0.15) is 0 Å². The van der Waals surface area contributed by atoms with Crippen LogP contribution in [-0.2, 0) is 24.4 Å². The zero-order valence-electron chi connectivity index (χ0n) is 19.3. The molecule has 1 atom stereocenters. The molecule has 4 aromatic rings. The van der Waals surface area contributed by atoms with Gasteiger partial charge < -0.3 is 24.9 Å². The number of nitrogens with one attached hydrogen (secondary N) is 2. The first-order chi connectivity index (χ1) is 16.5. The molecular formula is C27H28Cl2N2O4. The average Bonchev–Trinajstić information content (AvgIpc) is 3.25. The van der Waals surface area contributed by atoms with Crippen LogP contribution >= 0.6 is 24.0 Å². The van der Waals surface area contributed by atoms with Crippen LogP contribution in [0.2, 0.25) is 5.02 Å². The highest BCUT2D eigenvalue weighted by molar-refractivity contribution is 6.30. The van der Waals surface area contributed by atoms with Crippen molar-refractivity contribution in [3.8, 4) is 11.5 Å². The number of hydrogen-bond acceptors (Lipinski definition) is 4. The number of fused-ring (bicyclic) bond motifs is 1. The van der Waals surface area contributed by atoms with Crippen molar-refractivity contribution in [3.63, 3.8) is 0 Å². The van der Waals surface area contributed by atoms with Gasteiger partial charge in [-0.25, -0.2) is 0 Å². The molecular weight excluding hydrogens is 487 g/mol. The molecule has 0 bridgehead atoms. The topological polar surface area (TPSA) is 83.6 Å². The number of carbonyl (C=O) groups is 1. The van der Waals surface area contributed by atoms with E-state index in [0.29, 0.717) is 42.7 Å². The van der Waals surface area contributed by atoms with E-state index in [1.807, 2.05) is 79.9 Å². The van der Waals surface area contributed by atoms with Crippen molar-refractivity contribution in [2.45, 2.75) is 32.5 Å². The van der Waals surface area contributed by atoms with Crippen LogP contribution in [0.25, 0.3) is 10.9 Å². The van der Waals surface area contributed by atoms with Crippen LogP contribution in [-0.4, -0.2) is 28.7 Å². The molecule has 0 fully saturated rings. The Bertz CT molecular complexity index is 1260. The highest BCUT2D eigenvalue weighted by Crippen LogP contribution is 2.29. The van der Waals surface area contributed by atoms with Crippen LogP contribution in [0.1, 0.15) is 23.6 Å². The van der Waals surface area contributed by atoms with E-state index >= 15 is 0 Å². The van der Waals surface area contributed by atoms with Crippen molar-refractivity contribution in [2.75, 3.05) is 6.61 Å². The molecule has 0 aliphatic carbocycles. The summed E-state index contributed by atoms with van der Waals surface area (Å²) in [5, 5.41) is 14.7. The summed E-state index contributed by atoms with van der Waals surface area (Å²) in [5.41, 5.74) is 3.88. The molecule has 6 nitrogen and oxygen atoms in total. The van der Waals surface area contributed by atoms with Crippen molar-refractivity contribution in [1.29, 1.82) is 0 Å². The summed E-state index contributed by atoms with van der Waals surface area (Å²) in [7, 11) is 0. The van der Waals surface area contributed by atoms with Crippen LogP contribution in [0.5, 0.6) is 11.5 Å². The Morgan fingerprint density at radius 1 is 1.03 bits per heavy atom. The number of aromatic nitrogens is 1. The number of benzene rings is 3. The van der Waals surface area contributed by atoms with Crippen molar-refractivity contribution >= 4 is 40.9 Å². The zero-order valence-corrected chi connectivity index (χ0v) is 20.9. The Labute approximate surface area is 215 Å². The molecule has 0 amide bonds. The second kappa shape index (κ2) is 12.5. The molecule has 8 heteroatoms. The molecule has 0 aliphatic heterocycles. The number of para-hydroxylation sites is 1. The van der Waals surface area contributed by atoms with Gasteiger partial charge in [-0.1, -0.05) is 48.0 Å². The fraction of sp³-hybridized carbons (Fsp3) is 0.222. The maximum Gasteiger partial charge on any atom is 0.321 e. The minimum Gasteiger partial charge on any atom is -0.490 e. The number of hydrogen-bond donors (Lipinski definition) is 3. The first kappa shape index (κ1) is 26.4. The normalized spacial score (nSPS) is 11.6. The minimum absolute atomic E-state index is 0. The van der Waals surface area contributed by atoms with Gasteiger partial charge in [-0.3, -0.25) is 4.79 Å². The third kappa shape index (κ3) is 6.92. The number of aliphatic carboxylic acids is 1. The number of carboxylic acids is 1. The molecule has 0 spiro atoms. The van der Waals surface area contributed by atoms with Gasteiger partial charge in [0.1, 0.15) is 12.6 Å². The van der Waals surface area contributed by atoms with Crippen molar-refractivity contribution in [3.05, 3.63) is 94.6 Å². The Hall–Kier alpha value is -3.19. The zero-order chi connectivity index (χ0) is 23.9. The van der Waals surface area contributed by atoms with Crippen LogP contribution in [0.3, 0.4) is 0 Å². The average molecular weight is 515 g/mol. The van der Waals surface area contributed by atoms with E-state index in [1.165, 1.54) is 0 Å². The smallest absolute Gasteiger partial charge is 0.321 e. The molecule has 0 saturated heterocycles. The summed E-state index contributed by atoms with van der Waals surface area (Å²) in [6, 6.07) is 20.3. The fourth-order valence-electron chi connectivity index (χ4n) is 3.80. The lowest BCUT2D eigenvalue weighted by molar-refractivity contribution is -0.139. The molecule has 1 aromatic heterocycles. The lowest BCUT2D eigenvalue weighted by atomic mass is 10.0. The molecule has 184 valence electrons. The van der Waals surface area contributed by atoms with Crippen LogP contribution in [0.15, 0.2) is 72.9 Å². The molecule has 0 radical (unpaired) electrons. The molecule has 35 heavy (non-hydrogen) atoms. The van der Waals surface area contributed by atoms with Crippen LogP contribution < -0.4 is 14.8 Å². The van der Waals surface area contributed by atoms with Gasteiger partial charge in [0.05, 0.1) is 6.61 Å². The molecule has 3 N–H and O–H groups in total.